The Balaban J connectivity index is 2.93. The summed E-state index contributed by atoms with van der Waals surface area (Å²) in [7, 11) is 0. The number of ether oxygens (including phenoxy) is 1. The lowest BCUT2D eigenvalue weighted by Crippen LogP contribution is -2.00. The Morgan fingerprint density at radius 3 is 2.27 bits per heavy atom. The number of allylic oxidation sites excluding steroid dienone is 7. The molecule has 0 fully saturated rings. The van der Waals surface area contributed by atoms with Gasteiger partial charge in [-0.15, -0.1) is 0 Å². The van der Waals surface area contributed by atoms with Gasteiger partial charge < -0.3 is 4.74 Å². The minimum Gasteiger partial charge on any atom is -0.488 e. The summed E-state index contributed by atoms with van der Waals surface area (Å²) in [6.07, 6.45) is 9.32. The van der Waals surface area contributed by atoms with Gasteiger partial charge in [-0.2, -0.15) is 0 Å². The summed E-state index contributed by atoms with van der Waals surface area (Å²) >= 11 is 0. The van der Waals surface area contributed by atoms with Crippen LogP contribution < -0.4 is 0 Å². The third-order valence-corrected chi connectivity index (χ3v) is 3.21. The van der Waals surface area contributed by atoms with Crippen LogP contribution in [0.4, 0.5) is 0 Å². The monoisotopic (exact) mass is 292 g/mol. The summed E-state index contributed by atoms with van der Waals surface area (Å²) < 4.78 is 5.94. The second-order valence-corrected chi connectivity index (χ2v) is 4.81. The largest absolute Gasteiger partial charge is 0.488 e. The molecule has 1 nitrogen and oxygen atoms in total. The number of rotatable bonds is 8. The Labute approximate surface area is 134 Å². The molecule has 0 unspecified atom stereocenters. The van der Waals surface area contributed by atoms with E-state index in [1.54, 1.807) is 12.2 Å². The fraction of sp³-hybridized carbons (Fsp3) is 0.143. The number of benzene rings is 1. The van der Waals surface area contributed by atoms with Gasteiger partial charge in [0.1, 0.15) is 12.4 Å². The quantitative estimate of drug-likeness (QED) is 0.427. The van der Waals surface area contributed by atoms with E-state index >= 15 is 0 Å². The molecule has 1 aromatic carbocycles. The van der Waals surface area contributed by atoms with Gasteiger partial charge in [0.05, 0.1) is 0 Å². The Morgan fingerprint density at radius 2 is 1.73 bits per heavy atom. The van der Waals surface area contributed by atoms with Crippen LogP contribution >= 0.6 is 0 Å². The lowest BCUT2D eigenvalue weighted by molar-refractivity contribution is 0.208. The van der Waals surface area contributed by atoms with Crippen molar-refractivity contribution in [1.29, 1.82) is 0 Å². The fourth-order valence-electron chi connectivity index (χ4n) is 2.12. The number of hydrogen-bond donors (Lipinski definition) is 0. The van der Waals surface area contributed by atoms with Gasteiger partial charge in [-0.1, -0.05) is 74.4 Å². The van der Waals surface area contributed by atoms with Crippen molar-refractivity contribution in [2.45, 2.75) is 20.5 Å². The highest BCUT2D eigenvalue weighted by Gasteiger charge is 2.10. The van der Waals surface area contributed by atoms with E-state index in [2.05, 4.69) is 19.7 Å². The molecule has 0 aliphatic carbocycles. The Bertz CT molecular complexity index is 613. The fourth-order valence-corrected chi connectivity index (χ4v) is 2.12. The molecule has 0 radical (unpaired) electrons. The van der Waals surface area contributed by atoms with Crippen molar-refractivity contribution < 1.29 is 4.74 Å². The Morgan fingerprint density at radius 1 is 1.09 bits per heavy atom. The van der Waals surface area contributed by atoms with Crippen LogP contribution in [-0.4, -0.2) is 0 Å². The van der Waals surface area contributed by atoms with Gasteiger partial charge in [0.2, 0.25) is 0 Å². The first kappa shape index (κ1) is 17.5. The molecule has 22 heavy (non-hydrogen) atoms. The summed E-state index contributed by atoms with van der Waals surface area (Å²) in [5.74, 6) is 0.726. The van der Waals surface area contributed by atoms with E-state index in [0.717, 1.165) is 28.0 Å². The zero-order valence-electron chi connectivity index (χ0n) is 13.5. The zero-order chi connectivity index (χ0) is 16.4. The zero-order valence-corrected chi connectivity index (χ0v) is 13.5. The van der Waals surface area contributed by atoms with E-state index in [1.165, 1.54) is 0 Å². The van der Waals surface area contributed by atoms with Crippen LogP contribution in [0, 0.1) is 0 Å². The lowest BCUT2D eigenvalue weighted by atomic mass is 9.97. The van der Waals surface area contributed by atoms with Crippen molar-refractivity contribution in [2.75, 3.05) is 0 Å². The standard InChI is InChI=1S/C21H24O/c1-6-12-17(4)20(8-3)18(5)21(13-7-2)22-16-19-14-10-9-11-15-19/h6-15H,1-2,5,16H2,3-4H3/b17-12-,20-8+,21-13+. The van der Waals surface area contributed by atoms with Crippen LogP contribution in [0.3, 0.4) is 0 Å². The molecule has 0 bridgehead atoms. The molecule has 0 aliphatic heterocycles. The normalized spacial score (nSPS) is 12.7. The van der Waals surface area contributed by atoms with Gasteiger partial charge in [0.25, 0.3) is 0 Å². The summed E-state index contributed by atoms with van der Waals surface area (Å²) in [5.41, 5.74) is 4.10. The van der Waals surface area contributed by atoms with Gasteiger partial charge in [-0.05, 0) is 36.6 Å². The average Bonchev–Trinajstić information content (AvgIpc) is 2.53. The van der Waals surface area contributed by atoms with Crippen molar-refractivity contribution in [2.24, 2.45) is 0 Å². The highest BCUT2D eigenvalue weighted by molar-refractivity contribution is 5.53. The molecule has 1 rings (SSSR count). The molecule has 0 amide bonds. The van der Waals surface area contributed by atoms with Crippen molar-refractivity contribution in [1.82, 2.24) is 0 Å². The van der Waals surface area contributed by atoms with E-state index in [9.17, 15) is 0 Å². The molecular weight excluding hydrogens is 268 g/mol. The van der Waals surface area contributed by atoms with E-state index in [1.807, 2.05) is 62.4 Å². The summed E-state index contributed by atoms with van der Waals surface area (Å²) in [4.78, 5) is 0. The van der Waals surface area contributed by atoms with Gasteiger partial charge in [-0.3, -0.25) is 0 Å². The van der Waals surface area contributed by atoms with Gasteiger partial charge in [-0.25, -0.2) is 0 Å². The van der Waals surface area contributed by atoms with E-state index in [0.29, 0.717) is 6.61 Å². The molecule has 1 aromatic rings. The van der Waals surface area contributed by atoms with E-state index in [4.69, 9.17) is 4.74 Å². The van der Waals surface area contributed by atoms with Crippen LogP contribution in [0.2, 0.25) is 0 Å². The highest BCUT2D eigenvalue weighted by Crippen LogP contribution is 2.26. The Kier molecular flexibility index (Phi) is 7.49. The van der Waals surface area contributed by atoms with Crippen molar-refractivity contribution in [3.63, 3.8) is 0 Å². The highest BCUT2D eigenvalue weighted by atomic mass is 16.5. The SMILES string of the molecule is C=C/C=C(C)\C(=C/C)C(=C)/C(=C\C=C)OCc1ccccc1. The third-order valence-electron chi connectivity index (χ3n) is 3.21. The van der Waals surface area contributed by atoms with Crippen LogP contribution in [0.5, 0.6) is 0 Å². The summed E-state index contributed by atoms with van der Waals surface area (Å²) in [5, 5.41) is 0. The minimum atomic E-state index is 0.501. The molecule has 0 spiro atoms. The van der Waals surface area contributed by atoms with Crippen LogP contribution in [0.25, 0.3) is 0 Å². The molecular formula is C21H24O. The molecule has 0 aromatic heterocycles. The van der Waals surface area contributed by atoms with Gasteiger partial charge >= 0.3 is 0 Å². The summed E-state index contributed by atoms with van der Waals surface area (Å²) in [6.45, 7) is 16.2. The molecule has 0 atom stereocenters. The van der Waals surface area contributed by atoms with E-state index in [-0.39, 0.29) is 0 Å². The molecule has 0 saturated heterocycles. The second kappa shape index (κ2) is 9.41. The maximum atomic E-state index is 5.94. The van der Waals surface area contributed by atoms with E-state index < -0.39 is 0 Å². The maximum Gasteiger partial charge on any atom is 0.127 e. The molecule has 0 aliphatic rings. The van der Waals surface area contributed by atoms with Gasteiger partial charge in [0, 0.05) is 5.57 Å². The second-order valence-electron chi connectivity index (χ2n) is 4.81. The molecule has 0 heterocycles. The van der Waals surface area contributed by atoms with Crippen LogP contribution in [0.15, 0.2) is 103 Å². The molecule has 0 saturated carbocycles. The lowest BCUT2D eigenvalue weighted by Gasteiger charge is -2.16. The van der Waals surface area contributed by atoms with Crippen molar-refractivity contribution in [3.8, 4) is 0 Å². The topological polar surface area (TPSA) is 9.23 Å². The molecule has 114 valence electrons. The first-order valence-electron chi connectivity index (χ1n) is 7.29. The molecule has 1 heteroatoms. The van der Waals surface area contributed by atoms with Crippen molar-refractivity contribution in [3.05, 3.63) is 108 Å². The molecule has 0 N–H and O–H groups in total. The Hall–Kier alpha value is -2.54. The maximum absolute atomic E-state index is 5.94. The average molecular weight is 292 g/mol. The van der Waals surface area contributed by atoms with Crippen LogP contribution in [0.1, 0.15) is 19.4 Å². The predicted molar refractivity (Wildman–Crippen MR) is 96.4 cm³/mol. The first-order valence-corrected chi connectivity index (χ1v) is 7.29. The smallest absolute Gasteiger partial charge is 0.127 e. The van der Waals surface area contributed by atoms with Crippen LogP contribution in [-0.2, 0) is 11.3 Å². The first-order chi connectivity index (χ1) is 10.6. The minimum absolute atomic E-state index is 0.501. The third kappa shape index (κ3) is 5.10. The predicted octanol–water partition coefficient (Wildman–Crippen LogP) is 5.91. The summed E-state index contributed by atoms with van der Waals surface area (Å²) in [6, 6.07) is 10.1. The van der Waals surface area contributed by atoms with Gasteiger partial charge in [0.15, 0.2) is 0 Å². The van der Waals surface area contributed by atoms with Crippen molar-refractivity contribution >= 4 is 0 Å². The number of hydrogen-bond acceptors (Lipinski definition) is 1.